The molecule has 1 aliphatic heterocycles. The number of rotatable bonds is 5. The second-order valence-corrected chi connectivity index (χ2v) is 5.28. The van der Waals surface area contributed by atoms with Crippen LogP contribution in [0.2, 0.25) is 0 Å². The van der Waals surface area contributed by atoms with Gasteiger partial charge in [-0.15, -0.1) is 0 Å². The van der Waals surface area contributed by atoms with E-state index in [1.165, 1.54) is 6.08 Å². The van der Waals surface area contributed by atoms with E-state index >= 15 is 0 Å². The molecular formula is C18H16N2O4. The summed E-state index contributed by atoms with van der Waals surface area (Å²) in [5.41, 5.74) is 7.42. The molecule has 1 heterocycles. The first-order valence-corrected chi connectivity index (χ1v) is 7.36. The van der Waals surface area contributed by atoms with Crippen molar-refractivity contribution in [2.45, 2.75) is 6.42 Å². The van der Waals surface area contributed by atoms with Gasteiger partial charge in [0.25, 0.3) is 0 Å². The minimum atomic E-state index is -0.390. The van der Waals surface area contributed by atoms with E-state index in [1.807, 2.05) is 12.1 Å². The Labute approximate surface area is 138 Å². The maximum Gasteiger partial charge on any atom is 0.248 e. The normalized spacial score (nSPS) is 12.3. The summed E-state index contributed by atoms with van der Waals surface area (Å²) < 4.78 is 10.5. The summed E-state index contributed by atoms with van der Waals surface area (Å²) in [4.78, 5) is 22.8. The minimum absolute atomic E-state index is 0.179. The lowest BCUT2D eigenvalue weighted by Crippen LogP contribution is -2.13. The van der Waals surface area contributed by atoms with Crippen molar-refractivity contribution in [2.75, 3.05) is 12.1 Å². The van der Waals surface area contributed by atoms with Crippen LogP contribution in [0.15, 0.2) is 48.5 Å². The van der Waals surface area contributed by atoms with Crippen LogP contribution in [0.4, 0.5) is 5.69 Å². The molecule has 0 atom stereocenters. The zero-order valence-electron chi connectivity index (χ0n) is 12.8. The van der Waals surface area contributed by atoms with E-state index in [1.54, 1.807) is 36.4 Å². The van der Waals surface area contributed by atoms with Crippen molar-refractivity contribution >= 4 is 23.6 Å². The second kappa shape index (κ2) is 6.87. The van der Waals surface area contributed by atoms with Crippen molar-refractivity contribution < 1.29 is 19.1 Å². The lowest BCUT2D eigenvalue weighted by molar-refractivity contribution is -0.117. The van der Waals surface area contributed by atoms with Gasteiger partial charge in [-0.2, -0.15) is 0 Å². The number of nitrogens with two attached hydrogens (primary N) is 1. The first kappa shape index (κ1) is 15.6. The number of carbonyl (C=O) groups is 2. The van der Waals surface area contributed by atoms with Crippen LogP contribution < -0.4 is 20.5 Å². The SMILES string of the molecule is NC(=O)Cc1ccc(NC(=O)/C=C/c2ccc3c(c2)OCO3)cc1. The van der Waals surface area contributed by atoms with E-state index in [2.05, 4.69) is 5.32 Å². The van der Waals surface area contributed by atoms with Crippen LogP contribution in [-0.4, -0.2) is 18.6 Å². The van der Waals surface area contributed by atoms with Gasteiger partial charge in [0.15, 0.2) is 11.5 Å². The summed E-state index contributed by atoms with van der Waals surface area (Å²) in [6, 6.07) is 12.4. The van der Waals surface area contributed by atoms with Crippen molar-refractivity contribution in [3.63, 3.8) is 0 Å². The van der Waals surface area contributed by atoms with Crippen LogP contribution in [0.1, 0.15) is 11.1 Å². The highest BCUT2D eigenvalue weighted by molar-refractivity contribution is 6.02. The van der Waals surface area contributed by atoms with E-state index in [-0.39, 0.29) is 19.1 Å². The molecule has 122 valence electrons. The van der Waals surface area contributed by atoms with E-state index in [0.717, 1.165) is 11.1 Å². The van der Waals surface area contributed by atoms with E-state index in [0.29, 0.717) is 17.2 Å². The highest BCUT2D eigenvalue weighted by Crippen LogP contribution is 2.32. The molecule has 0 aliphatic carbocycles. The topological polar surface area (TPSA) is 90.7 Å². The number of carbonyl (C=O) groups excluding carboxylic acids is 2. The molecule has 2 aromatic carbocycles. The average molecular weight is 324 g/mol. The molecule has 0 aromatic heterocycles. The van der Waals surface area contributed by atoms with Gasteiger partial charge < -0.3 is 20.5 Å². The number of nitrogens with one attached hydrogen (secondary N) is 1. The largest absolute Gasteiger partial charge is 0.454 e. The predicted octanol–water partition coefficient (Wildman–Crippen LogP) is 2.09. The number of hydrogen-bond donors (Lipinski definition) is 2. The monoisotopic (exact) mass is 324 g/mol. The van der Waals surface area contributed by atoms with Crippen molar-refractivity contribution in [2.24, 2.45) is 5.73 Å². The van der Waals surface area contributed by atoms with Gasteiger partial charge in [0, 0.05) is 11.8 Å². The molecule has 24 heavy (non-hydrogen) atoms. The Morgan fingerprint density at radius 2 is 1.83 bits per heavy atom. The molecule has 0 fully saturated rings. The van der Waals surface area contributed by atoms with Gasteiger partial charge in [0.2, 0.25) is 18.6 Å². The van der Waals surface area contributed by atoms with Gasteiger partial charge in [0.05, 0.1) is 6.42 Å². The summed E-state index contributed by atoms with van der Waals surface area (Å²) in [6.45, 7) is 0.217. The lowest BCUT2D eigenvalue weighted by atomic mass is 10.1. The maximum atomic E-state index is 12.0. The van der Waals surface area contributed by atoms with Crippen molar-refractivity contribution in [3.8, 4) is 11.5 Å². The molecule has 0 spiro atoms. The number of benzene rings is 2. The number of hydrogen-bond acceptors (Lipinski definition) is 4. The molecule has 2 aromatic rings. The van der Waals surface area contributed by atoms with Crippen LogP contribution in [-0.2, 0) is 16.0 Å². The van der Waals surface area contributed by atoms with Crippen LogP contribution in [0.5, 0.6) is 11.5 Å². The van der Waals surface area contributed by atoms with E-state index < -0.39 is 5.91 Å². The minimum Gasteiger partial charge on any atom is -0.454 e. The summed E-state index contributed by atoms with van der Waals surface area (Å²) in [5, 5.41) is 2.75. The summed E-state index contributed by atoms with van der Waals surface area (Å²) >= 11 is 0. The molecular weight excluding hydrogens is 308 g/mol. The third-order valence-electron chi connectivity index (χ3n) is 3.42. The number of primary amides is 1. The van der Waals surface area contributed by atoms with Crippen LogP contribution in [0, 0.1) is 0 Å². The number of amides is 2. The first-order chi connectivity index (χ1) is 11.6. The van der Waals surface area contributed by atoms with Gasteiger partial charge in [0.1, 0.15) is 0 Å². The fourth-order valence-corrected chi connectivity index (χ4v) is 2.28. The fraction of sp³-hybridized carbons (Fsp3) is 0.111. The molecule has 0 bridgehead atoms. The Kier molecular flexibility index (Phi) is 4.47. The lowest BCUT2D eigenvalue weighted by Gasteiger charge is -2.04. The molecule has 2 amide bonds. The fourth-order valence-electron chi connectivity index (χ4n) is 2.28. The van der Waals surface area contributed by atoms with Crippen LogP contribution in [0.3, 0.4) is 0 Å². The Hall–Kier alpha value is -3.28. The van der Waals surface area contributed by atoms with Crippen molar-refractivity contribution in [1.82, 2.24) is 0 Å². The van der Waals surface area contributed by atoms with Gasteiger partial charge in [-0.1, -0.05) is 18.2 Å². The van der Waals surface area contributed by atoms with E-state index in [9.17, 15) is 9.59 Å². The average Bonchev–Trinajstić information content (AvgIpc) is 3.02. The van der Waals surface area contributed by atoms with Gasteiger partial charge in [-0.05, 0) is 41.5 Å². The second-order valence-electron chi connectivity index (χ2n) is 5.28. The van der Waals surface area contributed by atoms with E-state index in [4.69, 9.17) is 15.2 Å². The number of anilines is 1. The van der Waals surface area contributed by atoms with Gasteiger partial charge in [-0.3, -0.25) is 9.59 Å². The number of ether oxygens (including phenoxy) is 2. The zero-order valence-corrected chi connectivity index (χ0v) is 12.8. The smallest absolute Gasteiger partial charge is 0.248 e. The standard InChI is InChI=1S/C18H16N2O4/c19-17(21)10-13-1-5-14(6-2-13)20-18(22)8-4-12-3-7-15-16(9-12)24-11-23-15/h1-9H,10-11H2,(H2,19,21)(H,20,22)/b8-4+. The molecule has 0 unspecified atom stereocenters. The highest BCUT2D eigenvalue weighted by Gasteiger charge is 2.12. The Morgan fingerprint density at radius 1 is 1.08 bits per heavy atom. The van der Waals surface area contributed by atoms with Crippen molar-refractivity contribution in [3.05, 3.63) is 59.7 Å². The quantitative estimate of drug-likeness (QED) is 0.824. The van der Waals surface area contributed by atoms with Gasteiger partial charge >= 0.3 is 0 Å². The number of fused-ring (bicyclic) bond motifs is 1. The third-order valence-corrected chi connectivity index (χ3v) is 3.42. The molecule has 0 radical (unpaired) electrons. The molecule has 1 aliphatic rings. The molecule has 3 rings (SSSR count). The summed E-state index contributed by atoms with van der Waals surface area (Å²) in [6.07, 6.45) is 3.31. The Balaban J connectivity index is 1.59. The van der Waals surface area contributed by atoms with Crippen LogP contribution >= 0.6 is 0 Å². The summed E-state index contributed by atoms with van der Waals surface area (Å²) in [7, 11) is 0. The molecule has 3 N–H and O–H groups in total. The van der Waals surface area contributed by atoms with Crippen molar-refractivity contribution in [1.29, 1.82) is 0 Å². The third kappa shape index (κ3) is 3.92. The molecule has 6 heteroatoms. The predicted molar refractivity (Wildman–Crippen MR) is 89.6 cm³/mol. The maximum absolute atomic E-state index is 12.0. The Bertz CT molecular complexity index is 797. The highest BCUT2D eigenvalue weighted by atomic mass is 16.7. The molecule has 0 saturated heterocycles. The van der Waals surface area contributed by atoms with Crippen LogP contribution in [0.25, 0.3) is 6.08 Å². The summed E-state index contributed by atoms with van der Waals surface area (Å²) in [5.74, 6) is 0.726. The zero-order chi connectivity index (χ0) is 16.9. The Morgan fingerprint density at radius 3 is 2.58 bits per heavy atom. The first-order valence-electron chi connectivity index (χ1n) is 7.36. The molecule has 0 saturated carbocycles. The molecule has 6 nitrogen and oxygen atoms in total. The van der Waals surface area contributed by atoms with Gasteiger partial charge in [-0.25, -0.2) is 0 Å².